The Morgan fingerprint density at radius 3 is 2.54 bits per heavy atom. The molecule has 148 valence electrons. The van der Waals surface area contributed by atoms with Gasteiger partial charge in [-0.3, -0.25) is 9.67 Å². The first-order valence-electron chi connectivity index (χ1n) is 9.43. The summed E-state index contributed by atoms with van der Waals surface area (Å²) in [4.78, 5) is 8.82. The van der Waals surface area contributed by atoms with Gasteiger partial charge in [-0.25, -0.2) is 4.98 Å². The summed E-state index contributed by atoms with van der Waals surface area (Å²) < 4.78 is 7.53. The van der Waals surface area contributed by atoms with Crippen LogP contribution in [0.3, 0.4) is 0 Å². The van der Waals surface area contributed by atoms with E-state index in [4.69, 9.17) is 4.42 Å². The van der Waals surface area contributed by atoms with Crippen LogP contribution < -0.4 is 10.6 Å². The van der Waals surface area contributed by atoms with Crippen molar-refractivity contribution in [1.82, 2.24) is 25.4 Å². The summed E-state index contributed by atoms with van der Waals surface area (Å²) in [7, 11) is 3.74. The summed E-state index contributed by atoms with van der Waals surface area (Å²) in [5, 5.41) is 11.1. The predicted molar refractivity (Wildman–Crippen MR) is 111 cm³/mol. The van der Waals surface area contributed by atoms with Crippen molar-refractivity contribution in [1.29, 1.82) is 0 Å². The third kappa shape index (κ3) is 4.60. The summed E-state index contributed by atoms with van der Waals surface area (Å²) in [6, 6.07) is 8.13. The molecule has 2 N–H and O–H groups in total. The molecule has 0 atom stereocenters. The first-order chi connectivity index (χ1) is 13.5. The monoisotopic (exact) mass is 380 g/mol. The minimum atomic E-state index is 0.542. The van der Waals surface area contributed by atoms with E-state index >= 15 is 0 Å². The van der Waals surface area contributed by atoms with Gasteiger partial charge in [0.25, 0.3) is 0 Å². The number of guanidine groups is 1. The molecule has 0 bridgehead atoms. The number of nitrogens with one attached hydrogen (secondary N) is 2. The number of aryl methyl sites for hydroxylation is 3. The second-order valence-corrected chi connectivity index (χ2v) is 6.89. The lowest BCUT2D eigenvalue weighted by atomic mass is 10.1. The molecule has 3 aromatic rings. The number of aliphatic imine (C=N–C) groups is 1. The highest BCUT2D eigenvalue weighted by atomic mass is 16.3. The number of oxazole rings is 1. The molecule has 0 spiro atoms. The highest BCUT2D eigenvalue weighted by molar-refractivity contribution is 5.79. The molecule has 0 aliphatic heterocycles. The molecule has 0 aliphatic rings. The summed E-state index contributed by atoms with van der Waals surface area (Å²) in [6.45, 7) is 7.52. The van der Waals surface area contributed by atoms with Crippen LogP contribution in [0.25, 0.3) is 11.5 Å². The Bertz CT molecular complexity index is 952. The van der Waals surface area contributed by atoms with Gasteiger partial charge in [0.2, 0.25) is 5.89 Å². The van der Waals surface area contributed by atoms with Crippen molar-refractivity contribution in [3.8, 4) is 11.5 Å². The van der Waals surface area contributed by atoms with Crippen molar-refractivity contribution in [2.24, 2.45) is 12.0 Å². The van der Waals surface area contributed by atoms with E-state index in [1.165, 1.54) is 16.8 Å². The van der Waals surface area contributed by atoms with Gasteiger partial charge in [0, 0.05) is 31.9 Å². The fraction of sp³-hybridized carbons (Fsp3) is 0.381. The molecule has 0 fully saturated rings. The third-order valence-electron chi connectivity index (χ3n) is 4.84. The smallest absolute Gasteiger partial charge is 0.226 e. The van der Waals surface area contributed by atoms with Crippen LogP contribution in [0.1, 0.15) is 28.2 Å². The summed E-state index contributed by atoms with van der Waals surface area (Å²) in [5.41, 5.74) is 6.58. The van der Waals surface area contributed by atoms with Crippen molar-refractivity contribution in [3.05, 3.63) is 58.7 Å². The lowest BCUT2D eigenvalue weighted by molar-refractivity contribution is 0.572. The second kappa shape index (κ2) is 8.73. The first-order valence-corrected chi connectivity index (χ1v) is 9.43. The minimum Gasteiger partial charge on any atom is -0.444 e. The van der Waals surface area contributed by atoms with E-state index in [1.54, 1.807) is 13.3 Å². The minimum absolute atomic E-state index is 0.542. The van der Waals surface area contributed by atoms with E-state index in [-0.39, 0.29) is 0 Å². The van der Waals surface area contributed by atoms with Crippen molar-refractivity contribution < 1.29 is 4.42 Å². The molecule has 1 aromatic carbocycles. The summed E-state index contributed by atoms with van der Waals surface area (Å²) >= 11 is 0. The van der Waals surface area contributed by atoms with E-state index in [0.29, 0.717) is 12.4 Å². The van der Waals surface area contributed by atoms with E-state index in [0.717, 1.165) is 35.9 Å². The average molecular weight is 380 g/mol. The number of aromatic nitrogens is 3. The molecule has 7 heteroatoms. The van der Waals surface area contributed by atoms with Crippen LogP contribution in [0, 0.1) is 20.8 Å². The quantitative estimate of drug-likeness (QED) is 0.508. The summed E-state index contributed by atoms with van der Waals surface area (Å²) in [5.74, 6) is 1.36. The Hall–Kier alpha value is -3.09. The van der Waals surface area contributed by atoms with Crippen LogP contribution >= 0.6 is 0 Å². The van der Waals surface area contributed by atoms with Crippen molar-refractivity contribution in [3.63, 3.8) is 0 Å². The normalized spacial score (nSPS) is 11.7. The average Bonchev–Trinajstić information content (AvgIpc) is 3.25. The van der Waals surface area contributed by atoms with Crippen molar-refractivity contribution in [2.75, 3.05) is 13.6 Å². The Kier molecular flexibility index (Phi) is 6.13. The van der Waals surface area contributed by atoms with Crippen LogP contribution in [-0.4, -0.2) is 34.3 Å². The van der Waals surface area contributed by atoms with Gasteiger partial charge >= 0.3 is 0 Å². The second-order valence-electron chi connectivity index (χ2n) is 6.89. The number of hydrogen-bond donors (Lipinski definition) is 2. The highest BCUT2D eigenvalue weighted by Crippen LogP contribution is 2.19. The molecule has 0 amide bonds. The predicted octanol–water partition coefficient (Wildman–Crippen LogP) is 2.91. The van der Waals surface area contributed by atoms with Crippen molar-refractivity contribution in [2.45, 2.75) is 33.7 Å². The molecule has 0 saturated heterocycles. The molecule has 2 heterocycles. The summed E-state index contributed by atoms with van der Waals surface area (Å²) in [6.07, 6.45) is 2.57. The fourth-order valence-corrected chi connectivity index (χ4v) is 3.10. The van der Waals surface area contributed by atoms with Crippen LogP contribution in [-0.2, 0) is 20.0 Å². The van der Waals surface area contributed by atoms with Gasteiger partial charge in [0.1, 0.15) is 6.26 Å². The largest absolute Gasteiger partial charge is 0.444 e. The molecule has 28 heavy (non-hydrogen) atoms. The lowest BCUT2D eigenvalue weighted by Crippen LogP contribution is -2.38. The molecule has 0 radical (unpaired) electrons. The van der Waals surface area contributed by atoms with Gasteiger partial charge in [0.15, 0.2) is 5.96 Å². The van der Waals surface area contributed by atoms with Crippen LogP contribution in [0.4, 0.5) is 0 Å². The Balaban J connectivity index is 1.51. The highest BCUT2D eigenvalue weighted by Gasteiger charge is 2.10. The molecule has 0 unspecified atom stereocenters. The standard InChI is InChI=1S/C21H28N6O/c1-14-6-8-17(9-7-14)20-25-18(13-28-20)12-24-21(22-4)23-11-10-19-15(2)26-27(5)16(19)3/h6-9,13H,10-12H2,1-5H3,(H2,22,23,24). The van der Waals surface area contributed by atoms with Crippen LogP contribution in [0.2, 0.25) is 0 Å². The number of benzene rings is 1. The van der Waals surface area contributed by atoms with Gasteiger partial charge in [-0.1, -0.05) is 17.7 Å². The zero-order chi connectivity index (χ0) is 20.1. The zero-order valence-corrected chi connectivity index (χ0v) is 17.2. The molecular formula is C21H28N6O. The maximum atomic E-state index is 5.60. The lowest BCUT2D eigenvalue weighted by Gasteiger charge is -2.11. The Labute approximate surface area is 165 Å². The number of hydrogen-bond acceptors (Lipinski definition) is 4. The zero-order valence-electron chi connectivity index (χ0n) is 17.2. The molecule has 7 nitrogen and oxygen atoms in total. The molecule has 3 rings (SSSR count). The Morgan fingerprint density at radius 1 is 1.14 bits per heavy atom. The molecule has 0 saturated carbocycles. The molecular weight excluding hydrogens is 352 g/mol. The van der Waals surface area contributed by atoms with E-state index in [2.05, 4.69) is 51.7 Å². The maximum absolute atomic E-state index is 5.60. The van der Waals surface area contributed by atoms with Crippen molar-refractivity contribution >= 4 is 5.96 Å². The van der Waals surface area contributed by atoms with Crippen LogP contribution in [0.15, 0.2) is 39.9 Å². The Morgan fingerprint density at radius 2 is 1.89 bits per heavy atom. The van der Waals surface area contributed by atoms with E-state index in [1.807, 2.05) is 30.8 Å². The molecule has 2 aromatic heterocycles. The van der Waals surface area contributed by atoms with Crippen LogP contribution in [0.5, 0.6) is 0 Å². The van der Waals surface area contributed by atoms with Gasteiger partial charge in [-0.05, 0) is 44.9 Å². The number of nitrogens with zero attached hydrogens (tertiary/aromatic N) is 4. The van der Waals surface area contributed by atoms with Gasteiger partial charge in [-0.2, -0.15) is 5.10 Å². The van der Waals surface area contributed by atoms with Gasteiger partial charge < -0.3 is 15.1 Å². The third-order valence-corrected chi connectivity index (χ3v) is 4.84. The fourth-order valence-electron chi connectivity index (χ4n) is 3.10. The topological polar surface area (TPSA) is 80.3 Å². The van der Waals surface area contributed by atoms with Gasteiger partial charge in [0.05, 0.1) is 17.9 Å². The van der Waals surface area contributed by atoms with E-state index < -0.39 is 0 Å². The van der Waals surface area contributed by atoms with E-state index in [9.17, 15) is 0 Å². The molecule has 0 aliphatic carbocycles. The number of rotatable bonds is 6. The maximum Gasteiger partial charge on any atom is 0.226 e. The first kappa shape index (κ1) is 19.7. The SMILES string of the molecule is CN=C(NCCc1c(C)nn(C)c1C)NCc1coc(-c2ccc(C)cc2)n1. The van der Waals surface area contributed by atoms with Gasteiger partial charge in [-0.15, -0.1) is 0 Å².